The van der Waals surface area contributed by atoms with Crippen LogP contribution in [0.25, 0.3) is 0 Å². The van der Waals surface area contributed by atoms with Crippen molar-refractivity contribution >= 4 is 0 Å². The topological polar surface area (TPSA) is 12.0 Å². The predicted octanol–water partition coefficient (Wildman–Crippen LogP) is 5.00. The summed E-state index contributed by atoms with van der Waals surface area (Å²) in [6.07, 6.45) is 8.35. The molecular weight excluding hydrogens is 230 g/mol. The second-order valence-electron chi connectivity index (χ2n) is 6.31. The van der Waals surface area contributed by atoms with Crippen LogP contribution in [0, 0.1) is 12.8 Å². The normalized spacial score (nSPS) is 25.2. The lowest BCUT2D eigenvalue weighted by atomic mass is 9.83. The van der Waals surface area contributed by atoms with Gasteiger partial charge < -0.3 is 5.32 Å². The Bertz CT molecular complexity index is 377. The molecule has 0 spiro atoms. The number of benzene rings is 1. The highest BCUT2D eigenvalue weighted by atomic mass is 14.9. The Morgan fingerprint density at radius 2 is 1.95 bits per heavy atom. The molecule has 0 aromatic heterocycles. The summed E-state index contributed by atoms with van der Waals surface area (Å²) in [5.41, 5.74) is 2.79. The van der Waals surface area contributed by atoms with Gasteiger partial charge >= 0.3 is 0 Å². The molecule has 0 bridgehead atoms. The van der Waals surface area contributed by atoms with Crippen LogP contribution in [-0.2, 0) is 0 Å². The molecule has 1 aliphatic carbocycles. The number of nitrogens with one attached hydrogen (secondary N) is 1. The van der Waals surface area contributed by atoms with Crippen molar-refractivity contribution in [1.29, 1.82) is 0 Å². The van der Waals surface area contributed by atoms with Crippen LogP contribution in [0.4, 0.5) is 0 Å². The number of hydrogen-bond acceptors (Lipinski definition) is 1. The zero-order chi connectivity index (χ0) is 13.7. The molecule has 0 saturated heterocycles. The van der Waals surface area contributed by atoms with E-state index in [0.717, 1.165) is 12.0 Å². The zero-order valence-electron chi connectivity index (χ0n) is 12.8. The summed E-state index contributed by atoms with van der Waals surface area (Å²) < 4.78 is 0. The van der Waals surface area contributed by atoms with Crippen LogP contribution in [0.1, 0.15) is 69.5 Å². The van der Waals surface area contributed by atoms with Gasteiger partial charge in [-0.2, -0.15) is 0 Å². The quantitative estimate of drug-likeness (QED) is 0.784. The first-order valence-corrected chi connectivity index (χ1v) is 8.01. The van der Waals surface area contributed by atoms with E-state index in [2.05, 4.69) is 50.4 Å². The molecule has 0 aliphatic heterocycles. The first kappa shape index (κ1) is 14.6. The maximum atomic E-state index is 3.82. The summed E-state index contributed by atoms with van der Waals surface area (Å²) >= 11 is 0. The van der Waals surface area contributed by atoms with Crippen molar-refractivity contribution in [2.45, 2.75) is 71.4 Å². The van der Waals surface area contributed by atoms with Gasteiger partial charge in [-0.25, -0.2) is 0 Å². The summed E-state index contributed by atoms with van der Waals surface area (Å²) in [4.78, 5) is 0. The Hall–Kier alpha value is -0.820. The fraction of sp³-hybridized carbons (Fsp3) is 0.667. The van der Waals surface area contributed by atoms with E-state index in [4.69, 9.17) is 0 Å². The molecule has 106 valence electrons. The Morgan fingerprint density at radius 1 is 1.21 bits per heavy atom. The third-order valence-electron chi connectivity index (χ3n) is 4.57. The van der Waals surface area contributed by atoms with E-state index in [-0.39, 0.29) is 0 Å². The van der Waals surface area contributed by atoms with Gasteiger partial charge in [0.1, 0.15) is 0 Å². The van der Waals surface area contributed by atoms with Crippen LogP contribution in [0.2, 0.25) is 0 Å². The monoisotopic (exact) mass is 259 g/mol. The molecule has 1 atom stereocenters. The van der Waals surface area contributed by atoms with E-state index < -0.39 is 0 Å². The number of rotatable bonds is 5. The molecule has 1 aliphatic rings. The minimum atomic E-state index is 0.479. The van der Waals surface area contributed by atoms with Gasteiger partial charge in [-0.05, 0) is 51.0 Å². The molecule has 1 heteroatoms. The van der Waals surface area contributed by atoms with E-state index in [1.54, 1.807) is 0 Å². The molecule has 2 rings (SSSR count). The van der Waals surface area contributed by atoms with Crippen LogP contribution in [0.5, 0.6) is 0 Å². The van der Waals surface area contributed by atoms with Crippen molar-refractivity contribution in [3.05, 3.63) is 35.4 Å². The van der Waals surface area contributed by atoms with E-state index in [9.17, 15) is 0 Å². The van der Waals surface area contributed by atoms with Crippen molar-refractivity contribution in [2.75, 3.05) is 0 Å². The molecule has 1 aromatic carbocycles. The number of hydrogen-bond donors (Lipinski definition) is 1. The second-order valence-corrected chi connectivity index (χ2v) is 6.31. The van der Waals surface area contributed by atoms with Gasteiger partial charge in [-0.1, -0.05) is 49.6 Å². The minimum absolute atomic E-state index is 0.479. The highest BCUT2D eigenvalue weighted by Crippen LogP contribution is 2.29. The van der Waals surface area contributed by atoms with Crippen LogP contribution in [-0.4, -0.2) is 6.04 Å². The average molecular weight is 259 g/mol. The smallest absolute Gasteiger partial charge is 0.0294 e. The van der Waals surface area contributed by atoms with E-state index >= 15 is 0 Å². The zero-order valence-corrected chi connectivity index (χ0v) is 12.8. The molecule has 0 radical (unpaired) electrons. The maximum Gasteiger partial charge on any atom is 0.0294 e. The lowest BCUT2D eigenvalue weighted by molar-refractivity contribution is 0.266. The SMILES string of the molecule is CCCC1CCC(N[C@@H](C)c2cccc(C)c2)CC1. The van der Waals surface area contributed by atoms with Crippen molar-refractivity contribution in [1.82, 2.24) is 5.32 Å². The summed E-state index contributed by atoms with van der Waals surface area (Å²) in [7, 11) is 0. The average Bonchev–Trinajstić information content (AvgIpc) is 2.41. The standard InChI is InChI=1S/C18H29N/c1-4-6-16-9-11-18(12-10-16)19-15(3)17-8-5-7-14(2)13-17/h5,7-8,13,15-16,18-19H,4,6,9-12H2,1-3H3/t15-,16?,18?/m0/s1. The van der Waals surface area contributed by atoms with Gasteiger partial charge in [-0.3, -0.25) is 0 Å². The second kappa shape index (κ2) is 7.09. The highest BCUT2D eigenvalue weighted by molar-refractivity contribution is 5.24. The third kappa shape index (κ3) is 4.35. The molecular formula is C18H29N. The molecule has 19 heavy (non-hydrogen) atoms. The Labute approximate surface area is 118 Å². The molecule has 1 fully saturated rings. The van der Waals surface area contributed by atoms with E-state index in [1.807, 2.05) is 0 Å². The third-order valence-corrected chi connectivity index (χ3v) is 4.57. The summed E-state index contributed by atoms with van der Waals surface area (Å²) in [6, 6.07) is 10.1. The van der Waals surface area contributed by atoms with Crippen molar-refractivity contribution in [2.24, 2.45) is 5.92 Å². The summed E-state index contributed by atoms with van der Waals surface area (Å²) in [6.45, 7) is 6.78. The Kier molecular flexibility index (Phi) is 5.45. The van der Waals surface area contributed by atoms with Gasteiger partial charge in [0.05, 0.1) is 0 Å². The van der Waals surface area contributed by atoms with Gasteiger partial charge in [0.15, 0.2) is 0 Å². The van der Waals surface area contributed by atoms with Crippen LogP contribution < -0.4 is 5.32 Å². The molecule has 1 saturated carbocycles. The van der Waals surface area contributed by atoms with E-state index in [0.29, 0.717) is 6.04 Å². The predicted molar refractivity (Wildman–Crippen MR) is 83.4 cm³/mol. The van der Waals surface area contributed by atoms with Crippen LogP contribution in [0.15, 0.2) is 24.3 Å². The van der Waals surface area contributed by atoms with Crippen molar-refractivity contribution in [3.8, 4) is 0 Å². The summed E-state index contributed by atoms with van der Waals surface area (Å²) in [5, 5.41) is 3.82. The van der Waals surface area contributed by atoms with Gasteiger partial charge in [0.2, 0.25) is 0 Å². The molecule has 1 nitrogen and oxygen atoms in total. The fourth-order valence-electron chi connectivity index (χ4n) is 3.42. The lowest BCUT2D eigenvalue weighted by Crippen LogP contribution is -2.35. The Morgan fingerprint density at radius 3 is 2.58 bits per heavy atom. The lowest BCUT2D eigenvalue weighted by Gasteiger charge is -2.31. The molecule has 0 amide bonds. The first-order valence-electron chi connectivity index (χ1n) is 8.01. The fourth-order valence-corrected chi connectivity index (χ4v) is 3.42. The molecule has 0 heterocycles. The highest BCUT2D eigenvalue weighted by Gasteiger charge is 2.21. The minimum Gasteiger partial charge on any atom is -0.307 e. The van der Waals surface area contributed by atoms with Crippen molar-refractivity contribution in [3.63, 3.8) is 0 Å². The molecule has 1 N–H and O–H groups in total. The Balaban J connectivity index is 1.82. The van der Waals surface area contributed by atoms with Crippen LogP contribution >= 0.6 is 0 Å². The van der Waals surface area contributed by atoms with Gasteiger partial charge in [0, 0.05) is 12.1 Å². The molecule has 0 unspecified atom stereocenters. The largest absolute Gasteiger partial charge is 0.307 e. The van der Waals surface area contributed by atoms with Gasteiger partial charge in [-0.15, -0.1) is 0 Å². The first-order chi connectivity index (χ1) is 9.19. The van der Waals surface area contributed by atoms with Crippen molar-refractivity contribution < 1.29 is 0 Å². The van der Waals surface area contributed by atoms with Crippen LogP contribution in [0.3, 0.4) is 0 Å². The van der Waals surface area contributed by atoms with Gasteiger partial charge in [0.25, 0.3) is 0 Å². The number of aryl methyl sites for hydroxylation is 1. The molecule has 1 aromatic rings. The van der Waals surface area contributed by atoms with E-state index in [1.165, 1.54) is 49.7 Å². The summed E-state index contributed by atoms with van der Waals surface area (Å²) in [5.74, 6) is 0.998. The maximum absolute atomic E-state index is 3.82.